The first-order chi connectivity index (χ1) is 13.3. The van der Waals surface area contributed by atoms with Crippen molar-refractivity contribution in [1.29, 1.82) is 5.26 Å². The van der Waals surface area contributed by atoms with Crippen LogP contribution < -0.4 is 5.43 Å². The summed E-state index contributed by atoms with van der Waals surface area (Å²) >= 11 is 0. The molecule has 0 radical (unpaired) electrons. The number of nitrogens with one attached hydrogen (secondary N) is 1. The molecular formula is C24H25N3. The molecule has 27 heavy (non-hydrogen) atoms. The molecule has 3 aromatic rings. The van der Waals surface area contributed by atoms with E-state index < -0.39 is 0 Å². The Bertz CT molecular complexity index is 784. The summed E-state index contributed by atoms with van der Waals surface area (Å²) < 4.78 is 0. The van der Waals surface area contributed by atoms with Gasteiger partial charge in [0, 0.05) is 13.1 Å². The van der Waals surface area contributed by atoms with E-state index in [1.165, 1.54) is 16.7 Å². The van der Waals surface area contributed by atoms with E-state index in [0.717, 1.165) is 25.9 Å². The number of benzene rings is 3. The lowest BCUT2D eigenvalue weighted by atomic mass is 10.1. The number of nitriles is 1. The van der Waals surface area contributed by atoms with Gasteiger partial charge in [-0.3, -0.25) is 0 Å². The molecule has 0 bridgehead atoms. The number of rotatable bonds is 9. The number of hydrogen-bond acceptors (Lipinski definition) is 3. The topological polar surface area (TPSA) is 39.1 Å². The highest BCUT2D eigenvalue weighted by Gasteiger charge is 2.14. The molecule has 3 nitrogen and oxygen atoms in total. The smallest absolute Gasteiger partial charge is 0.108 e. The summed E-state index contributed by atoms with van der Waals surface area (Å²) in [5.41, 5.74) is 7.15. The molecule has 0 aromatic heterocycles. The number of nitrogens with zero attached hydrogens (tertiary/aromatic N) is 2. The van der Waals surface area contributed by atoms with Crippen LogP contribution >= 0.6 is 0 Å². The lowest BCUT2D eigenvalue weighted by Gasteiger charge is -2.26. The van der Waals surface area contributed by atoms with E-state index in [9.17, 15) is 5.26 Å². The molecule has 0 amide bonds. The molecule has 0 saturated heterocycles. The van der Waals surface area contributed by atoms with E-state index in [1.807, 2.05) is 54.6 Å². The van der Waals surface area contributed by atoms with Gasteiger partial charge in [0.2, 0.25) is 0 Å². The standard InChI is InChI=1S/C24H25N3/c25-18-24(17-16-21-10-4-1-5-11-21)26-27(19-22-12-6-2-7-13-22)20-23-14-8-3-9-15-23/h1-15,24,26H,16-17,19-20H2/t24-/m0/s1. The van der Waals surface area contributed by atoms with E-state index in [1.54, 1.807) is 0 Å². The van der Waals surface area contributed by atoms with Crippen molar-refractivity contribution in [2.75, 3.05) is 0 Å². The Kier molecular flexibility index (Phi) is 7.17. The van der Waals surface area contributed by atoms with Crippen LogP contribution in [0, 0.1) is 11.3 Å². The minimum Gasteiger partial charge on any atom is -0.237 e. The van der Waals surface area contributed by atoms with Crippen molar-refractivity contribution in [3.05, 3.63) is 108 Å². The Morgan fingerprint density at radius 1 is 0.704 bits per heavy atom. The summed E-state index contributed by atoms with van der Waals surface area (Å²) in [5.74, 6) is 0. The van der Waals surface area contributed by atoms with Gasteiger partial charge in [0.1, 0.15) is 6.04 Å². The van der Waals surface area contributed by atoms with Gasteiger partial charge in [-0.15, -0.1) is 0 Å². The average molecular weight is 355 g/mol. The van der Waals surface area contributed by atoms with Gasteiger partial charge >= 0.3 is 0 Å². The zero-order valence-corrected chi connectivity index (χ0v) is 15.5. The summed E-state index contributed by atoms with van der Waals surface area (Å²) in [7, 11) is 0. The largest absolute Gasteiger partial charge is 0.237 e. The molecule has 0 aliphatic rings. The Labute approximate surface area is 161 Å². The quantitative estimate of drug-likeness (QED) is 0.565. The van der Waals surface area contributed by atoms with Crippen LogP contribution in [-0.2, 0) is 19.5 Å². The first-order valence-electron chi connectivity index (χ1n) is 9.36. The normalized spacial score (nSPS) is 11.9. The van der Waals surface area contributed by atoms with Crippen molar-refractivity contribution >= 4 is 0 Å². The van der Waals surface area contributed by atoms with Gasteiger partial charge in [-0.1, -0.05) is 91.0 Å². The van der Waals surface area contributed by atoms with E-state index >= 15 is 0 Å². The third kappa shape index (κ3) is 6.38. The summed E-state index contributed by atoms with van der Waals surface area (Å²) in [6.07, 6.45) is 1.66. The van der Waals surface area contributed by atoms with Crippen molar-refractivity contribution in [3.8, 4) is 6.07 Å². The zero-order chi connectivity index (χ0) is 18.7. The molecular weight excluding hydrogens is 330 g/mol. The fourth-order valence-corrected chi connectivity index (χ4v) is 3.09. The maximum atomic E-state index is 9.65. The maximum absolute atomic E-state index is 9.65. The molecule has 0 aliphatic carbocycles. The molecule has 0 fully saturated rings. The Morgan fingerprint density at radius 2 is 1.15 bits per heavy atom. The Balaban J connectivity index is 1.65. The van der Waals surface area contributed by atoms with E-state index in [2.05, 4.69) is 52.9 Å². The Hall–Kier alpha value is -2.93. The third-order valence-corrected chi connectivity index (χ3v) is 4.49. The van der Waals surface area contributed by atoms with E-state index in [4.69, 9.17) is 0 Å². The molecule has 1 atom stereocenters. The molecule has 3 rings (SSSR count). The monoisotopic (exact) mass is 355 g/mol. The second kappa shape index (κ2) is 10.3. The second-order valence-corrected chi connectivity index (χ2v) is 6.66. The summed E-state index contributed by atoms with van der Waals surface area (Å²) in [6, 6.07) is 33.2. The molecule has 136 valence electrons. The molecule has 1 N–H and O–H groups in total. The number of aryl methyl sites for hydroxylation is 1. The van der Waals surface area contributed by atoms with Crippen LogP contribution in [0.5, 0.6) is 0 Å². The molecule has 3 aromatic carbocycles. The van der Waals surface area contributed by atoms with Crippen LogP contribution in [0.25, 0.3) is 0 Å². The van der Waals surface area contributed by atoms with Crippen molar-refractivity contribution in [3.63, 3.8) is 0 Å². The molecule has 0 aliphatic heterocycles. The van der Waals surface area contributed by atoms with E-state index in [0.29, 0.717) is 0 Å². The average Bonchev–Trinajstić information content (AvgIpc) is 2.73. The van der Waals surface area contributed by atoms with Crippen molar-refractivity contribution in [2.45, 2.75) is 32.0 Å². The number of hydrazine groups is 1. The molecule has 0 heterocycles. The molecule has 0 unspecified atom stereocenters. The fraction of sp³-hybridized carbons (Fsp3) is 0.208. The molecule has 3 heteroatoms. The van der Waals surface area contributed by atoms with Crippen LogP contribution in [0.2, 0.25) is 0 Å². The second-order valence-electron chi connectivity index (χ2n) is 6.66. The molecule has 0 saturated carbocycles. The van der Waals surface area contributed by atoms with Crippen LogP contribution in [0.4, 0.5) is 0 Å². The number of hydrogen-bond donors (Lipinski definition) is 1. The summed E-state index contributed by atoms with van der Waals surface area (Å²) in [5, 5.41) is 11.8. The van der Waals surface area contributed by atoms with Gasteiger partial charge in [0.05, 0.1) is 6.07 Å². The maximum Gasteiger partial charge on any atom is 0.108 e. The third-order valence-electron chi connectivity index (χ3n) is 4.49. The first kappa shape index (κ1) is 18.8. The highest BCUT2D eigenvalue weighted by molar-refractivity contribution is 5.18. The van der Waals surface area contributed by atoms with Gasteiger partial charge in [-0.05, 0) is 29.5 Å². The first-order valence-corrected chi connectivity index (χ1v) is 9.36. The lowest BCUT2D eigenvalue weighted by molar-refractivity contribution is 0.150. The fourth-order valence-electron chi connectivity index (χ4n) is 3.09. The van der Waals surface area contributed by atoms with Gasteiger partial charge in [0.25, 0.3) is 0 Å². The minimum atomic E-state index is -0.224. The van der Waals surface area contributed by atoms with Gasteiger partial charge in [-0.25, -0.2) is 10.4 Å². The van der Waals surface area contributed by atoms with Crippen LogP contribution in [0.15, 0.2) is 91.0 Å². The predicted octanol–water partition coefficient (Wildman–Crippen LogP) is 4.72. The highest BCUT2D eigenvalue weighted by Crippen LogP contribution is 2.11. The van der Waals surface area contributed by atoms with Gasteiger partial charge in [-0.2, -0.15) is 5.26 Å². The van der Waals surface area contributed by atoms with Crippen LogP contribution in [0.1, 0.15) is 23.1 Å². The summed E-state index contributed by atoms with van der Waals surface area (Å²) in [4.78, 5) is 0. The zero-order valence-electron chi connectivity index (χ0n) is 15.5. The SMILES string of the molecule is N#C[C@H](CCc1ccccc1)NN(Cc1ccccc1)Cc1ccccc1. The predicted molar refractivity (Wildman–Crippen MR) is 109 cm³/mol. The summed E-state index contributed by atoms with van der Waals surface area (Å²) in [6.45, 7) is 1.50. The van der Waals surface area contributed by atoms with Crippen LogP contribution in [0.3, 0.4) is 0 Å². The van der Waals surface area contributed by atoms with E-state index in [-0.39, 0.29) is 6.04 Å². The van der Waals surface area contributed by atoms with Crippen molar-refractivity contribution in [2.24, 2.45) is 0 Å². The van der Waals surface area contributed by atoms with Crippen molar-refractivity contribution < 1.29 is 0 Å². The van der Waals surface area contributed by atoms with Crippen molar-refractivity contribution in [1.82, 2.24) is 10.4 Å². The van der Waals surface area contributed by atoms with Crippen LogP contribution in [-0.4, -0.2) is 11.1 Å². The lowest BCUT2D eigenvalue weighted by Crippen LogP contribution is -2.43. The van der Waals surface area contributed by atoms with Gasteiger partial charge in [0.15, 0.2) is 0 Å². The Morgan fingerprint density at radius 3 is 1.59 bits per heavy atom. The molecule has 0 spiro atoms. The highest BCUT2D eigenvalue weighted by atomic mass is 15.5. The van der Waals surface area contributed by atoms with Gasteiger partial charge < -0.3 is 0 Å². The minimum absolute atomic E-state index is 0.224.